The molecule has 4 N–H and O–H groups in total. The Morgan fingerprint density at radius 1 is 1.20 bits per heavy atom. The van der Waals surface area contributed by atoms with E-state index in [9.17, 15) is 9.18 Å². The third-order valence-electron chi connectivity index (χ3n) is 2.75. The summed E-state index contributed by atoms with van der Waals surface area (Å²) in [7, 11) is 0. The smallest absolute Gasteiger partial charge is 0.257 e. The van der Waals surface area contributed by atoms with Gasteiger partial charge in [-0.15, -0.1) is 0 Å². The van der Waals surface area contributed by atoms with Gasteiger partial charge in [0.2, 0.25) is 0 Å². The van der Waals surface area contributed by atoms with Crippen LogP contribution in [0.15, 0.2) is 36.4 Å². The number of nitrogen functional groups attached to an aromatic ring is 1. The summed E-state index contributed by atoms with van der Waals surface area (Å²) in [6.45, 7) is 1.84. The van der Waals surface area contributed by atoms with Crippen LogP contribution in [0.2, 0.25) is 5.02 Å². The zero-order valence-corrected chi connectivity index (χ0v) is 11.5. The Morgan fingerprint density at radius 3 is 2.65 bits per heavy atom. The van der Waals surface area contributed by atoms with E-state index >= 15 is 0 Å². The maximum absolute atomic E-state index is 13.6. The van der Waals surface area contributed by atoms with Crippen LogP contribution in [0.4, 0.5) is 15.8 Å². The first-order valence-electron chi connectivity index (χ1n) is 5.85. The van der Waals surface area contributed by atoms with Crippen molar-refractivity contribution < 1.29 is 9.18 Å². The Labute approximate surface area is 120 Å². The number of amides is 1. The average Bonchev–Trinajstić information content (AvgIpc) is 2.42. The quantitative estimate of drug-likeness (QED) is 0.601. The van der Waals surface area contributed by atoms with E-state index in [1.165, 1.54) is 18.2 Å². The molecular formula is C14H13ClFN3O. The highest BCUT2D eigenvalue weighted by atomic mass is 35.5. The molecule has 20 heavy (non-hydrogen) atoms. The number of anilines is 2. The standard InChI is InChI=1S/C14H13ClFN3O/c1-8-2-5-12(19-17)10(6-8)14(20)18-13-7-9(15)3-4-11(13)16/h2-7,19H,17H2,1H3,(H,18,20). The van der Waals surface area contributed by atoms with E-state index in [0.717, 1.165) is 5.56 Å². The highest BCUT2D eigenvalue weighted by molar-refractivity contribution is 6.31. The van der Waals surface area contributed by atoms with E-state index in [2.05, 4.69) is 10.7 Å². The number of carbonyl (C=O) groups is 1. The van der Waals surface area contributed by atoms with Gasteiger partial charge in [0.1, 0.15) is 5.82 Å². The number of carbonyl (C=O) groups excluding carboxylic acids is 1. The van der Waals surface area contributed by atoms with Crippen molar-refractivity contribution >= 4 is 28.9 Å². The van der Waals surface area contributed by atoms with Gasteiger partial charge in [0.15, 0.2) is 0 Å². The van der Waals surface area contributed by atoms with Gasteiger partial charge in [-0.05, 0) is 37.3 Å². The van der Waals surface area contributed by atoms with Crippen molar-refractivity contribution in [1.82, 2.24) is 0 Å². The molecule has 0 aliphatic carbocycles. The van der Waals surface area contributed by atoms with Crippen LogP contribution in [0.5, 0.6) is 0 Å². The molecule has 0 saturated heterocycles. The molecular weight excluding hydrogens is 281 g/mol. The van der Waals surface area contributed by atoms with Gasteiger partial charge >= 0.3 is 0 Å². The first-order valence-corrected chi connectivity index (χ1v) is 6.22. The maximum Gasteiger partial charge on any atom is 0.257 e. The Morgan fingerprint density at radius 2 is 1.95 bits per heavy atom. The van der Waals surface area contributed by atoms with Crippen LogP contribution in [0.3, 0.4) is 0 Å². The van der Waals surface area contributed by atoms with E-state index in [1.807, 2.05) is 13.0 Å². The molecule has 0 atom stereocenters. The molecule has 2 aromatic carbocycles. The van der Waals surface area contributed by atoms with Crippen molar-refractivity contribution in [3.63, 3.8) is 0 Å². The molecule has 0 aliphatic rings. The van der Waals surface area contributed by atoms with Crippen LogP contribution in [0.1, 0.15) is 15.9 Å². The Bertz CT molecular complexity index is 661. The van der Waals surface area contributed by atoms with Gasteiger partial charge in [-0.1, -0.05) is 23.2 Å². The summed E-state index contributed by atoms with van der Waals surface area (Å²) in [6, 6.07) is 9.10. The molecule has 0 heterocycles. The fourth-order valence-electron chi connectivity index (χ4n) is 1.75. The molecule has 104 valence electrons. The molecule has 1 amide bonds. The molecule has 2 rings (SSSR count). The molecule has 0 spiro atoms. The van der Waals surface area contributed by atoms with Gasteiger partial charge in [0.25, 0.3) is 5.91 Å². The van der Waals surface area contributed by atoms with E-state index in [0.29, 0.717) is 16.3 Å². The highest BCUT2D eigenvalue weighted by Crippen LogP contribution is 2.22. The second-order valence-electron chi connectivity index (χ2n) is 4.27. The lowest BCUT2D eigenvalue weighted by atomic mass is 10.1. The summed E-state index contributed by atoms with van der Waals surface area (Å²) in [6.07, 6.45) is 0. The molecule has 0 fully saturated rings. The second-order valence-corrected chi connectivity index (χ2v) is 4.71. The number of rotatable bonds is 3. The van der Waals surface area contributed by atoms with Crippen molar-refractivity contribution in [2.45, 2.75) is 6.92 Å². The molecule has 0 aliphatic heterocycles. The lowest BCUT2D eigenvalue weighted by Crippen LogP contribution is -2.18. The van der Waals surface area contributed by atoms with E-state index in [-0.39, 0.29) is 5.69 Å². The minimum absolute atomic E-state index is 0.0203. The van der Waals surface area contributed by atoms with Crippen molar-refractivity contribution in [2.24, 2.45) is 5.84 Å². The zero-order valence-electron chi connectivity index (χ0n) is 10.7. The number of halogens is 2. The Kier molecular flexibility index (Phi) is 4.22. The van der Waals surface area contributed by atoms with Crippen molar-refractivity contribution in [1.29, 1.82) is 0 Å². The number of hydrogen-bond acceptors (Lipinski definition) is 3. The van der Waals surface area contributed by atoms with Gasteiger partial charge in [-0.2, -0.15) is 0 Å². The molecule has 0 aromatic heterocycles. The Hall–Kier alpha value is -2.11. The Balaban J connectivity index is 2.32. The predicted octanol–water partition coefficient (Wildman–Crippen LogP) is 3.33. The topological polar surface area (TPSA) is 67.1 Å². The van der Waals surface area contributed by atoms with E-state index in [4.69, 9.17) is 17.4 Å². The number of nitrogens with two attached hydrogens (primary N) is 1. The summed E-state index contributed by atoms with van der Waals surface area (Å²) in [5, 5.41) is 2.81. The number of benzene rings is 2. The van der Waals surface area contributed by atoms with Gasteiger partial charge in [0.05, 0.1) is 16.9 Å². The monoisotopic (exact) mass is 293 g/mol. The summed E-state index contributed by atoms with van der Waals surface area (Å²) in [5.41, 5.74) is 4.12. The molecule has 4 nitrogen and oxygen atoms in total. The van der Waals surface area contributed by atoms with Crippen molar-refractivity contribution in [3.8, 4) is 0 Å². The average molecular weight is 294 g/mol. The maximum atomic E-state index is 13.6. The van der Waals surface area contributed by atoms with Crippen LogP contribution in [-0.4, -0.2) is 5.91 Å². The normalized spacial score (nSPS) is 10.2. The lowest BCUT2D eigenvalue weighted by molar-refractivity contribution is 0.102. The summed E-state index contributed by atoms with van der Waals surface area (Å²) in [5.74, 6) is 4.33. The minimum atomic E-state index is -0.558. The summed E-state index contributed by atoms with van der Waals surface area (Å²) >= 11 is 5.78. The molecule has 2 aromatic rings. The molecule has 0 radical (unpaired) electrons. The molecule has 6 heteroatoms. The largest absolute Gasteiger partial charge is 0.323 e. The van der Waals surface area contributed by atoms with Gasteiger partial charge < -0.3 is 10.7 Å². The fourth-order valence-corrected chi connectivity index (χ4v) is 1.93. The van der Waals surface area contributed by atoms with Gasteiger partial charge in [-0.25, -0.2) is 4.39 Å². The molecule has 0 unspecified atom stereocenters. The van der Waals surface area contributed by atoms with Crippen molar-refractivity contribution in [2.75, 3.05) is 10.7 Å². The first kappa shape index (κ1) is 14.3. The third-order valence-corrected chi connectivity index (χ3v) is 2.99. The fraction of sp³-hybridized carbons (Fsp3) is 0.0714. The van der Waals surface area contributed by atoms with Crippen LogP contribution < -0.4 is 16.6 Å². The number of hydrazine groups is 1. The third kappa shape index (κ3) is 3.07. The van der Waals surface area contributed by atoms with Crippen LogP contribution in [-0.2, 0) is 0 Å². The van der Waals surface area contributed by atoms with Crippen LogP contribution in [0, 0.1) is 12.7 Å². The van der Waals surface area contributed by atoms with E-state index < -0.39 is 11.7 Å². The second kappa shape index (κ2) is 5.90. The predicted molar refractivity (Wildman–Crippen MR) is 78.4 cm³/mol. The summed E-state index contributed by atoms with van der Waals surface area (Å²) < 4.78 is 13.6. The number of hydrogen-bond donors (Lipinski definition) is 3. The highest BCUT2D eigenvalue weighted by Gasteiger charge is 2.13. The minimum Gasteiger partial charge on any atom is -0.323 e. The number of aryl methyl sites for hydroxylation is 1. The van der Waals surface area contributed by atoms with Gasteiger partial charge in [-0.3, -0.25) is 10.6 Å². The zero-order chi connectivity index (χ0) is 14.7. The molecule has 0 bridgehead atoms. The van der Waals surface area contributed by atoms with E-state index in [1.54, 1.807) is 12.1 Å². The summed E-state index contributed by atoms with van der Waals surface area (Å²) in [4.78, 5) is 12.2. The van der Waals surface area contributed by atoms with Gasteiger partial charge in [0, 0.05) is 5.02 Å². The van der Waals surface area contributed by atoms with Crippen LogP contribution >= 0.6 is 11.6 Å². The SMILES string of the molecule is Cc1ccc(NN)c(C(=O)Nc2cc(Cl)ccc2F)c1. The lowest BCUT2D eigenvalue weighted by Gasteiger charge is -2.11. The first-order chi connectivity index (χ1) is 9.51. The van der Waals surface area contributed by atoms with Crippen LogP contribution in [0.25, 0.3) is 0 Å². The number of nitrogens with one attached hydrogen (secondary N) is 2. The van der Waals surface area contributed by atoms with Crippen molar-refractivity contribution in [3.05, 3.63) is 58.4 Å². The molecule has 0 saturated carbocycles.